The quantitative estimate of drug-likeness (QED) is 0.287. The molecule has 1 spiro atoms. The molecule has 47 heavy (non-hydrogen) atoms. The molecule has 1 amide bonds. The second-order valence-electron chi connectivity index (χ2n) is 13.0. The fourth-order valence-electron chi connectivity index (χ4n) is 8.62. The number of rotatable bonds is 5. The summed E-state index contributed by atoms with van der Waals surface area (Å²) in [4.78, 5) is 29.6. The molecular formula is C37H35F3N2O5. The first-order valence-corrected chi connectivity index (χ1v) is 15.9. The predicted molar refractivity (Wildman–Crippen MR) is 166 cm³/mol. The van der Waals surface area contributed by atoms with E-state index in [9.17, 15) is 27.9 Å². The molecule has 1 N–H and O–H groups in total. The average molecular weight is 645 g/mol. The van der Waals surface area contributed by atoms with Gasteiger partial charge in [0, 0.05) is 49.0 Å². The van der Waals surface area contributed by atoms with Gasteiger partial charge in [0.2, 0.25) is 0 Å². The van der Waals surface area contributed by atoms with Gasteiger partial charge in [0.15, 0.2) is 11.5 Å². The molecular weight excluding hydrogens is 609 g/mol. The Labute approximate surface area is 271 Å². The molecule has 10 heteroatoms. The molecule has 3 aromatic carbocycles. The molecule has 4 aliphatic rings. The zero-order chi connectivity index (χ0) is 33.1. The van der Waals surface area contributed by atoms with E-state index in [1.54, 1.807) is 18.0 Å². The number of carbonyl (C=O) groups is 2. The summed E-state index contributed by atoms with van der Waals surface area (Å²) in [5.74, 6) is 5.31. The maximum absolute atomic E-state index is 13.4. The summed E-state index contributed by atoms with van der Waals surface area (Å²) in [5.41, 5.74) is 2.21. The van der Waals surface area contributed by atoms with E-state index in [-0.39, 0.29) is 29.7 Å². The van der Waals surface area contributed by atoms with E-state index < -0.39 is 35.3 Å². The molecule has 244 valence electrons. The first-order chi connectivity index (χ1) is 22.5. The SMILES string of the molecule is CC(=O)OC(CN1CC[C@]23c4c5ccc(O)c4O[C@H]2[C@@H](N(C)C(=O)C#Cc2ccc(C(F)(F)F)cc2)CC[C@H]3[C@H]1C5)c1ccccc1. The third kappa shape index (κ3) is 5.31. The smallest absolute Gasteiger partial charge is 0.416 e. The van der Waals surface area contributed by atoms with E-state index in [1.807, 2.05) is 36.4 Å². The maximum atomic E-state index is 13.4. The number of phenolic OH excluding ortho intramolecular Hbond substituents is 1. The number of likely N-dealkylation sites (N-methyl/N-ethyl adjacent to an activating group) is 1. The van der Waals surface area contributed by atoms with E-state index in [0.29, 0.717) is 24.3 Å². The monoisotopic (exact) mass is 644 g/mol. The van der Waals surface area contributed by atoms with E-state index in [0.717, 1.165) is 54.6 Å². The Hall–Kier alpha value is -4.49. The summed E-state index contributed by atoms with van der Waals surface area (Å²) in [6, 6.07) is 17.6. The van der Waals surface area contributed by atoms with Crippen LogP contribution in [-0.4, -0.2) is 65.1 Å². The van der Waals surface area contributed by atoms with E-state index >= 15 is 0 Å². The normalized spacial score (nSPS) is 26.2. The lowest BCUT2D eigenvalue weighted by molar-refractivity contribution is -0.150. The van der Waals surface area contributed by atoms with Crippen LogP contribution in [0.5, 0.6) is 11.5 Å². The fraction of sp³-hybridized carbons (Fsp3) is 0.405. The van der Waals surface area contributed by atoms with Crippen LogP contribution in [0.1, 0.15) is 60.1 Å². The van der Waals surface area contributed by atoms with Crippen LogP contribution in [0.2, 0.25) is 0 Å². The van der Waals surface area contributed by atoms with Gasteiger partial charge in [0.25, 0.3) is 5.91 Å². The van der Waals surface area contributed by atoms with Crippen LogP contribution in [0.4, 0.5) is 13.2 Å². The van der Waals surface area contributed by atoms with E-state index in [2.05, 4.69) is 16.7 Å². The second-order valence-corrected chi connectivity index (χ2v) is 13.0. The molecule has 3 aromatic rings. The Balaban J connectivity index is 1.17. The molecule has 1 saturated carbocycles. The van der Waals surface area contributed by atoms with Gasteiger partial charge in [-0.15, -0.1) is 0 Å². The Morgan fingerprint density at radius 3 is 2.55 bits per heavy atom. The average Bonchev–Trinajstić information content (AvgIpc) is 3.40. The topological polar surface area (TPSA) is 79.3 Å². The standard InChI is InChI=1S/C37H35F3N2O5/c1-22(43)46-31(24-6-4-3-5-7-24)21-42-19-18-36-27-14-15-28(35(36)47-34-30(44)16-11-25(33(34)36)20-29(27)42)41(2)32(45)17-10-23-8-12-26(13-9-23)37(38,39)40/h3-9,11-13,16,27-29,31,35,44H,14-15,18-21H2,1-2H3/t27-,28-,29+,31?,35-,36-/m0/s1. The minimum absolute atomic E-state index is 0.0842. The molecule has 2 aliphatic heterocycles. The van der Waals surface area contributed by atoms with Crippen molar-refractivity contribution in [1.82, 2.24) is 9.80 Å². The second kappa shape index (κ2) is 11.6. The third-order valence-corrected chi connectivity index (χ3v) is 10.6. The summed E-state index contributed by atoms with van der Waals surface area (Å²) in [6.07, 6.45) is -2.31. The minimum atomic E-state index is -4.45. The number of amides is 1. The van der Waals surface area contributed by atoms with Crippen molar-refractivity contribution >= 4 is 11.9 Å². The lowest BCUT2D eigenvalue weighted by Gasteiger charge is -2.60. The molecule has 0 radical (unpaired) electrons. The number of esters is 1. The van der Waals surface area contributed by atoms with Gasteiger partial charge in [0.05, 0.1) is 11.6 Å². The molecule has 2 aliphatic carbocycles. The van der Waals surface area contributed by atoms with Crippen molar-refractivity contribution in [1.29, 1.82) is 0 Å². The number of benzene rings is 3. The molecule has 2 bridgehead atoms. The molecule has 7 nitrogen and oxygen atoms in total. The van der Waals surface area contributed by atoms with Crippen molar-refractivity contribution in [3.05, 3.63) is 94.5 Å². The minimum Gasteiger partial charge on any atom is -0.504 e. The molecule has 7 rings (SSSR count). The Kier molecular flexibility index (Phi) is 7.71. The third-order valence-electron chi connectivity index (χ3n) is 10.6. The summed E-state index contributed by atoms with van der Waals surface area (Å²) in [5, 5.41) is 10.9. The number of alkyl halides is 3. The van der Waals surface area contributed by atoms with E-state index in [4.69, 9.17) is 9.47 Å². The van der Waals surface area contributed by atoms with E-state index in [1.165, 1.54) is 19.1 Å². The summed E-state index contributed by atoms with van der Waals surface area (Å²) in [6.45, 7) is 2.70. The van der Waals surface area contributed by atoms with Gasteiger partial charge in [-0.05, 0) is 79.6 Å². The molecule has 6 atom stereocenters. The van der Waals surface area contributed by atoms with Crippen molar-refractivity contribution in [3.63, 3.8) is 0 Å². The van der Waals surface area contributed by atoms with Gasteiger partial charge < -0.3 is 19.5 Å². The molecule has 2 fully saturated rings. The van der Waals surface area contributed by atoms with Crippen molar-refractivity contribution in [2.24, 2.45) is 5.92 Å². The number of hydrogen-bond donors (Lipinski definition) is 1. The Bertz CT molecular complexity index is 1770. The van der Waals surface area contributed by atoms with Crippen LogP contribution in [0.3, 0.4) is 0 Å². The van der Waals surface area contributed by atoms with Crippen molar-refractivity contribution in [2.75, 3.05) is 20.1 Å². The maximum Gasteiger partial charge on any atom is 0.416 e. The fourth-order valence-corrected chi connectivity index (χ4v) is 8.62. The molecule has 2 heterocycles. The van der Waals surface area contributed by atoms with Crippen LogP contribution in [0, 0.1) is 17.8 Å². The molecule has 0 aromatic heterocycles. The number of halogens is 3. The van der Waals surface area contributed by atoms with Gasteiger partial charge in [-0.25, -0.2) is 0 Å². The first kappa shape index (κ1) is 31.1. The highest BCUT2D eigenvalue weighted by Crippen LogP contribution is 2.64. The van der Waals surface area contributed by atoms with Gasteiger partial charge in [0.1, 0.15) is 12.2 Å². The number of carbonyl (C=O) groups excluding carboxylic acids is 2. The van der Waals surface area contributed by atoms with Crippen LogP contribution in [-0.2, 0) is 32.3 Å². The predicted octanol–water partition coefficient (Wildman–Crippen LogP) is 5.63. The number of phenols is 1. The largest absolute Gasteiger partial charge is 0.504 e. The molecule has 1 unspecified atom stereocenters. The number of aromatic hydroxyl groups is 1. The highest BCUT2D eigenvalue weighted by Gasteiger charge is 2.66. The summed E-state index contributed by atoms with van der Waals surface area (Å²) in [7, 11) is 1.69. The Morgan fingerprint density at radius 1 is 1.11 bits per heavy atom. The highest BCUT2D eigenvalue weighted by molar-refractivity contribution is 5.94. The van der Waals surface area contributed by atoms with Crippen molar-refractivity contribution in [3.8, 4) is 23.3 Å². The Morgan fingerprint density at radius 2 is 1.85 bits per heavy atom. The highest BCUT2D eigenvalue weighted by atomic mass is 19.4. The van der Waals surface area contributed by atoms with Crippen LogP contribution >= 0.6 is 0 Å². The number of likely N-dealkylation sites (tertiary alicyclic amines) is 1. The number of ether oxygens (including phenoxy) is 2. The van der Waals surface area contributed by atoms with Crippen LogP contribution in [0.15, 0.2) is 66.7 Å². The van der Waals surface area contributed by atoms with Gasteiger partial charge in [-0.2, -0.15) is 13.2 Å². The van der Waals surface area contributed by atoms with Crippen molar-refractivity contribution < 1.29 is 37.3 Å². The zero-order valence-corrected chi connectivity index (χ0v) is 26.1. The molecule has 1 saturated heterocycles. The van der Waals surface area contributed by atoms with Gasteiger partial charge >= 0.3 is 12.1 Å². The summed E-state index contributed by atoms with van der Waals surface area (Å²) < 4.78 is 51.4. The number of piperidine rings is 1. The van der Waals surface area contributed by atoms with Crippen LogP contribution < -0.4 is 4.74 Å². The first-order valence-electron chi connectivity index (χ1n) is 15.9. The number of hydrogen-bond acceptors (Lipinski definition) is 6. The van der Waals surface area contributed by atoms with Crippen molar-refractivity contribution in [2.45, 2.75) is 68.5 Å². The summed E-state index contributed by atoms with van der Waals surface area (Å²) >= 11 is 0. The lowest BCUT2D eigenvalue weighted by Crippen LogP contribution is -2.69. The van der Waals surface area contributed by atoms with Gasteiger partial charge in [-0.1, -0.05) is 42.3 Å². The number of nitrogens with zero attached hydrogens (tertiary/aromatic N) is 2. The zero-order valence-electron chi connectivity index (χ0n) is 26.1. The van der Waals surface area contributed by atoms with Crippen LogP contribution in [0.25, 0.3) is 0 Å². The van der Waals surface area contributed by atoms with Gasteiger partial charge in [-0.3, -0.25) is 14.5 Å². The lowest BCUT2D eigenvalue weighted by atomic mass is 9.51.